The molecule has 1 atom stereocenters. The van der Waals surface area contributed by atoms with Crippen molar-refractivity contribution >= 4 is 17.0 Å². The van der Waals surface area contributed by atoms with Gasteiger partial charge in [-0.25, -0.2) is 9.78 Å². The maximum absolute atomic E-state index is 11.0. The molecule has 1 N–H and O–H groups in total. The zero-order valence-electron chi connectivity index (χ0n) is 12.2. The third kappa shape index (κ3) is 2.09. The van der Waals surface area contributed by atoms with Crippen LogP contribution < -0.4 is 0 Å². The number of aromatic nitrogens is 2. The minimum Gasteiger partial charge on any atom is -0.478 e. The lowest BCUT2D eigenvalue weighted by molar-refractivity contribution is 0.0697. The first kappa shape index (κ1) is 13.2. The fourth-order valence-corrected chi connectivity index (χ4v) is 2.89. The van der Waals surface area contributed by atoms with Crippen molar-refractivity contribution in [2.75, 3.05) is 0 Å². The van der Waals surface area contributed by atoms with Crippen molar-refractivity contribution < 1.29 is 9.90 Å². The summed E-state index contributed by atoms with van der Waals surface area (Å²) >= 11 is 0. The molecule has 0 radical (unpaired) electrons. The second kappa shape index (κ2) is 4.33. The molecule has 0 spiro atoms. The van der Waals surface area contributed by atoms with E-state index >= 15 is 0 Å². The highest BCUT2D eigenvalue weighted by Gasteiger charge is 2.45. The highest BCUT2D eigenvalue weighted by atomic mass is 16.4. The predicted octanol–water partition coefficient (Wildman–Crippen LogP) is 3.34. The highest BCUT2D eigenvalue weighted by Crippen LogP contribution is 2.52. The van der Waals surface area contributed by atoms with E-state index < -0.39 is 5.97 Å². The molecule has 4 heteroatoms. The maximum Gasteiger partial charge on any atom is 0.335 e. The monoisotopic (exact) mass is 272 g/mol. The van der Waals surface area contributed by atoms with Crippen molar-refractivity contribution in [3.05, 3.63) is 29.6 Å². The van der Waals surface area contributed by atoms with Gasteiger partial charge in [0.15, 0.2) is 0 Å². The molecule has 2 aromatic rings. The van der Waals surface area contributed by atoms with Crippen LogP contribution in [0.2, 0.25) is 0 Å². The van der Waals surface area contributed by atoms with Crippen LogP contribution in [-0.2, 0) is 13.0 Å². The SMILES string of the molecule is CCc1nc2cc(C(=O)O)ccc2n1CC1CC1(C)C. The van der Waals surface area contributed by atoms with Gasteiger partial charge in [0.1, 0.15) is 5.82 Å². The maximum atomic E-state index is 11.0. The van der Waals surface area contributed by atoms with Gasteiger partial charge in [0.25, 0.3) is 0 Å². The Labute approximate surface area is 118 Å². The van der Waals surface area contributed by atoms with Gasteiger partial charge in [0.2, 0.25) is 0 Å². The van der Waals surface area contributed by atoms with Gasteiger partial charge in [-0.05, 0) is 36.0 Å². The number of aromatic carboxylic acids is 1. The molecular weight excluding hydrogens is 252 g/mol. The van der Waals surface area contributed by atoms with Crippen molar-refractivity contribution in [2.45, 2.75) is 40.2 Å². The van der Waals surface area contributed by atoms with Gasteiger partial charge in [-0.15, -0.1) is 0 Å². The molecular formula is C16H20N2O2. The topological polar surface area (TPSA) is 55.1 Å². The van der Waals surface area contributed by atoms with E-state index in [4.69, 9.17) is 5.11 Å². The molecule has 1 aliphatic rings. The Morgan fingerprint density at radius 3 is 2.75 bits per heavy atom. The number of carbonyl (C=O) groups is 1. The Hall–Kier alpha value is -1.84. The number of carboxylic acids is 1. The van der Waals surface area contributed by atoms with E-state index in [1.54, 1.807) is 12.1 Å². The van der Waals surface area contributed by atoms with Gasteiger partial charge < -0.3 is 9.67 Å². The summed E-state index contributed by atoms with van der Waals surface area (Å²) in [4.78, 5) is 15.6. The molecule has 1 heterocycles. The molecule has 0 bridgehead atoms. The Bertz CT molecular complexity index is 685. The molecule has 1 aromatic carbocycles. The lowest BCUT2D eigenvalue weighted by atomic mass is 10.1. The summed E-state index contributed by atoms with van der Waals surface area (Å²) in [5.74, 6) is 0.845. The van der Waals surface area contributed by atoms with Crippen molar-refractivity contribution in [1.29, 1.82) is 0 Å². The van der Waals surface area contributed by atoms with Gasteiger partial charge in [0, 0.05) is 13.0 Å². The summed E-state index contributed by atoms with van der Waals surface area (Å²) in [5.41, 5.74) is 2.58. The van der Waals surface area contributed by atoms with Crippen LogP contribution in [0.3, 0.4) is 0 Å². The lowest BCUT2D eigenvalue weighted by Gasteiger charge is -2.09. The summed E-state index contributed by atoms with van der Waals surface area (Å²) in [6.45, 7) is 7.67. The molecule has 0 amide bonds. The van der Waals surface area contributed by atoms with Gasteiger partial charge in [-0.2, -0.15) is 0 Å². The number of imidazole rings is 1. The minimum atomic E-state index is -0.900. The first-order valence-electron chi connectivity index (χ1n) is 7.15. The van der Waals surface area contributed by atoms with Gasteiger partial charge >= 0.3 is 5.97 Å². The molecule has 106 valence electrons. The number of hydrogen-bond donors (Lipinski definition) is 1. The van der Waals surface area contributed by atoms with E-state index in [9.17, 15) is 4.79 Å². The predicted molar refractivity (Wildman–Crippen MR) is 78.0 cm³/mol. The van der Waals surface area contributed by atoms with Crippen LogP contribution in [0.4, 0.5) is 0 Å². The van der Waals surface area contributed by atoms with E-state index in [2.05, 4.69) is 30.3 Å². The van der Waals surface area contributed by atoms with Crippen LogP contribution in [-0.4, -0.2) is 20.6 Å². The minimum absolute atomic E-state index is 0.302. The number of fused-ring (bicyclic) bond motifs is 1. The smallest absolute Gasteiger partial charge is 0.335 e. The van der Waals surface area contributed by atoms with E-state index in [0.29, 0.717) is 16.9 Å². The van der Waals surface area contributed by atoms with Crippen LogP contribution in [0.1, 0.15) is 43.4 Å². The van der Waals surface area contributed by atoms with E-state index in [1.807, 2.05) is 6.07 Å². The second-order valence-electron chi connectivity index (χ2n) is 6.39. The van der Waals surface area contributed by atoms with Crippen molar-refractivity contribution in [3.8, 4) is 0 Å². The Kier molecular flexibility index (Phi) is 2.85. The Morgan fingerprint density at radius 1 is 1.50 bits per heavy atom. The standard InChI is InChI=1S/C16H20N2O2/c1-4-14-17-12-7-10(15(19)20)5-6-13(12)18(14)9-11-8-16(11,2)3/h5-7,11H,4,8-9H2,1-3H3,(H,19,20). The summed E-state index contributed by atoms with van der Waals surface area (Å²) in [6, 6.07) is 5.23. The molecule has 1 aromatic heterocycles. The molecule has 3 rings (SSSR count). The molecule has 20 heavy (non-hydrogen) atoms. The van der Waals surface area contributed by atoms with Gasteiger partial charge in [-0.1, -0.05) is 20.8 Å². The fourth-order valence-electron chi connectivity index (χ4n) is 2.89. The Balaban J connectivity index is 2.03. The number of hydrogen-bond acceptors (Lipinski definition) is 2. The average Bonchev–Trinajstić information content (AvgIpc) is 2.84. The Morgan fingerprint density at radius 2 is 2.20 bits per heavy atom. The largest absolute Gasteiger partial charge is 0.478 e. The number of nitrogens with zero attached hydrogens (tertiary/aromatic N) is 2. The summed E-state index contributed by atoms with van der Waals surface area (Å²) < 4.78 is 2.26. The van der Waals surface area contributed by atoms with Crippen LogP contribution in [0, 0.1) is 11.3 Å². The molecule has 1 aliphatic carbocycles. The second-order valence-corrected chi connectivity index (χ2v) is 6.39. The zero-order valence-corrected chi connectivity index (χ0v) is 12.2. The summed E-state index contributed by atoms with van der Waals surface area (Å²) in [5, 5.41) is 9.07. The van der Waals surface area contributed by atoms with Gasteiger partial charge in [-0.3, -0.25) is 0 Å². The molecule has 0 saturated heterocycles. The van der Waals surface area contributed by atoms with Crippen molar-refractivity contribution in [1.82, 2.24) is 9.55 Å². The van der Waals surface area contributed by atoms with E-state index in [0.717, 1.165) is 29.8 Å². The van der Waals surface area contributed by atoms with Crippen LogP contribution in [0.25, 0.3) is 11.0 Å². The van der Waals surface area contributed by atoms with Crippen molar-refractivity contribution in [3.63, 3.8) is 0 Å². The average molecular weight is 272 g/mol. The summed E-state index contributed by atoms with van der Waals surface area (Å²) in [7, 11) is 0. The van der Waals surface area contributed by atoms with E-state index in [1.165, 1.54) is 6.42 Å². The highest BCUT2D eigenvalue weighted by molar-refractivity contribution is 5.92. The van der Waals surface area contributed by atoms with Crippen LogP contribution >= 0.6 is 0 Å². The number of benzene rings is 1. The zero-order chi connectivity index (χ0) is 14.5. The summed E-state index contributed by atoms with van der Waals surface area (Å²) in [6.07, 6.45) is 2.12. The molecule has 1 saturated carbocycles. The number of aryl methyl sites for hydroxylation is 1. The molecule has 4 nitrogen and oxygen atoms in total. The number of carboxylic acid groups (broad SMARTS) is 1. The molecule has 0 aliphatic heterocycles. The molecule has 1 unspecified atom stereocenters. The first-order valence-corrected chi connectivity index (χ1v) is 7.15. The lowest BCUT2D eigenvalue weighted by Crippen LogP contribution is -2.07. The normalized spacial score (nSPS) is 20.2. The molecule has 1 fully saturated rings. The fraction of sp³-hybridized carbons (Fsp3) is 0.500. The van der Waals surface area contributed by atoms with Gasteiger partial charge in [0.05, 0.1) is 16.6 Å². The van der Waals surface area contributed by atoms with Crippen molar-refractivity contribution in [2.24, 2.45) is 11.3 Å². The quantitative estimate of drug-likeness (QED) is 0.928. The first-order chi connectivity index (χ1) is 9.42. The number of rotatable bonds is 4. The van der Waals surface area contributed by atoms with Crippen LogP contribution in [0.5, 0.6) is 0 Å². The van der Waals surface area contributed by atoms with Crippen LogP contribution in [0.15, 0.2) is 18.2 Å². The third-order valence-corrected chi connectivity index (χ3v) is 4.51. The van der Waals surface area contributed by atoms with E-state index in [-0.39, 0.29) is 0 Å². The third-order valence-electron chi connectivity index (χ3n) is 4.51.